The average molecular weight is 277 g/mol. The van der Waals surface area contributed by atoms with Gasteiger partial charge in [-0.15, -0.1) is 10.2 Å². The van der Waals surface area contributed by atoms with E-state index in [4.69, 9.17) is 5.11 Å². The monoisotopic (exact) mass is 277 g/mol. The first-order valence-corrected chi connectivity index (χ1v) is 7.20. The van der Waals surface area contributed by atoms with Crippen LogP contribution in [0, 0.1) is 20.8 Å². The second-order valence-electron chi connectivity index (χ2n) is 4.78. The predicted octanol–water partition coefficient (Wildman–Crippen LogP) is 2.52. The summed E-state index contributed by atoms with van der Waals surface area (Å²) in [5.41, 5.74) is 5.28. The first-order chi connectivity index (χ1) is 9.02. The molecule has 0 saturated heterocycles. The van der Waals surface area contributed by atoms with Crippen LogP contribution in [0.2, 0.25) is 0 Å². The fraction of sp³-hybridized carbons (Fsp3) is 0.429. The van der Waals surface area contributed by atoms with Crippen LogP contribution in [-0.2, 0) is 19.4 Å². The third kappa shape index (κ3) is 2.98. The average Bonchev–Trinajstić information content (AvgIpc) is 2.69. The van der Waals surface area contributed by atoms with Crippen LogP contribution in [-0.4, -0.2) is 19.9 Å². The number of aliphatic hydroxyl groups is 1. The van der Waals surface area contributed by atoms with Gasteiger partial charge in [-0.1, -0.05) is 29.5 Å². The maximum atomic E-state index is 9.10. The molecule has 0 bridgehead atoms. The summed E-state index contributed by atoms with van der Waals surface area (Å²) in [6.45, 7) is 6.33. The van der Waals surface area contributed by atoms with Gasteiger partial charge in [-0.3, -0.25) is 0 Å². The Bertz CT molecular complexity index is 569. The Kier molecular flexibility index (Phi) is 4.27. The van der Waals surface area contributed by atoms with E-state index in [1.54, 1.807) is 11.8 Å². The number of aromatic nitrogens is 3. The normalized spacial score (nSPS) is 11.0. The van der Waals surface area contributed by atoms with Crippen molar-refractivity contribution >= 4 is 11.8 Å². The molecule has 2 rings (SSSR count). The quantitative estimate of drug-likeness (QED) is 0.873. The summed E-state index contributed by atoms with van der Waals surface area (Å²) in [7, 11) is 1.88. The lowest BCUT2D eigenvalue weighted by Crippen LogP contribution is -1.99. The summed E-state index contributed by atoms with van der Waals surface area (Å²) in [5, 5.41) is 18.0. The van der Waals surface area contributed by atoms with Gasteiger partial charge in [0.15, 0.2) is 11.0 Å². The highest BCUT2D eigenvalue weighted by molar-refractivity contribution is 7.98. The molecule has 4 nitrogen and oxygen atoms in total. The number of hydrogen-bond donors (Lipinski definition) is 1. The molecule has 1 heterocycles. The molecule has 0 unspecified atom stereocenters. The summed E-state index contributed by atoms with van der Waals surface area (Å²) in [6, 6.07) is 4.41. The third-order valence-electron chi connectivity index (χ3n) is 3.25. The van der Waals surface area contributed by atoms with Crippen molar-refractivity contribution in [3.8, 4) is 0 Å². The molecule has 0 spiro atoms. The van der Waals surface area contributed by atoms with Gasteiger partial charge in [0.2, 0.25) is 0 Å². The Balaban J connectivity index is 2.17. The van der Waals surface area contributed by atoms with E-state index in [0.717, 1.165) is 10.9 Å². The van der Waals surface area contributed by atoms with Gasteiger partial charge < -0.3 is 9.67 Å². The third-order valence-corrected chi connectivity index (χ3v) is 4.30. The number of benzene rings is 1. The van der Waals surface area contributed by atoms with Crippen molar-refractivity contribution in [1.29, 1.82) is 0 Å². The molecule has 0 aliphatic rings. The molecule has 1 N–H and O–H groups in total. The maximum Gasteiger partial charge on any atom is 0.191 e. The SMILES string of the molecule is Cc1cc(C)c(CSc2nnc(CO)n2C)c(C)c1. The van der Waals surface area contributed by atoms with E-state index in [1.165, 1.54) is 22.3 Å². The van der Waals surface area contributed by atoms with Gasteiger partial charge in [-0.25, -0.2) is 0 Å². The number of aliphatic hydroxyl groups excluding tert-OH is 1. The van der Waals surface area contributed by atoms with Crippen LogP contribution < -0.4 is 0 Å². The molecular formula is C14H19N3OS. The van der Waals surface area contributed by atoms with Crippen LogP contribution in [0.4, 0.5) is 0 Å². The molecule has 0 saturated carbocycles. The molecule has 0 fully saturated rings. The van der Waals surface area contributed by atoms with Gasteiger partial charge in [0, 0.05) is 12.8 Å². The van der Waals surface area contributed by atoms with Crippen LogP contribution in [0.5, 0.6) is 0 Å². The van der Waals surface area contributed by atoms with Crippen LogP contribution in [0.1, 0.15) is 28.1 Å². The highest BCUT2D eigenvalue weighted by Gasteiger charge is 2.10. The second-order valence-corrected chi connectivity index (χ2v) is 5.72. The summed E-state index contributed by atoms with van der Waals surface area (Å²) < 4.78 is 1.84. The van der Waals surface area contributed by atoms with Crippen LogP contribution in [0.25, 0.3) is 0 Å². The Labute approximate surface area is 117 Å². The molecule has 0 amide bonds. The van der Waals surface area contributed by atoms with Crippen molar-refractivity contribution in [3.05, 3.63) is 40.2 Å². The van der Waals surface area contributed by atoms with Crippen molar-refractivity contribution in [2.45, 2.75) is 38.3 Å². The summed E-state index contributed by atoms with van der Waals surface area (Å²) in [6.07, 6.45) is 0. The Hall–Kier alpha value is -1.33. The van der Waals surface area contributed by atoms with E-state index in [-0.39, 0.29) is 6.61 Å². The van der Waals surface area contributed by atoms with Crippen molar-refractivity contribution in [3.63, 3.8) is 0 Å². The fourth-order valence-electron chi connectivity index (χ4n) is 2.18. The first kappa shape index (κ1) is 14.1. The molecular weight excluding hydrogens is 258 g/mol. The molecule has 0 radical (unpaired) electrons. The molecule has 0 aliphatic carbocycles. The predicted molar refractivity (Wildman–Crippen MR) is 77.1 cm³/mol. The van der Waals surface area contributed by atoms with E-state index in [0.29, 0.717) is 5.82 Å². The molecule has 2 aromatic rings. The Morgan fingerprint density at radius 1 is 1.16 bits per heavy atom. The number of rotatable bonds is 4. The van der Waals surface area contributed by atoms with Crippen molar-refractivity contribution < 1.29 is 5.11 Å². The smallest absolute Gasteiger partial charge is 0.191 e. The Morgan fingerprint density at radius 2 is 1.79 bits per heavy atom. The summed E-state index contributed by atoms with van der Waals surface area (Å²) in [5.74, 6) is 1.47. The van der Waals surface area contributed by atoms with Gasteiger partial charge >= 0.3 is 0 Å². The lowest BCUT2D eigenvalue weighted by Gasteiger charge is -2.10. The largest absolute Gasteiger partial charge is 0.388 e. The zero-order valence-corrected chi connectivity index (χ0v) is 12.6. The number of thioether (sulfide) groups is 1. The highest BCUT2D eigenvalue weighted by Crippen LogP contribution is 2.26. The number of aryl methyl sites for hydroxylation is 3. The lowest BCUT2D eigenvalue weighted by molar-refractivity contribution is 0.266. The Morgan fingerprint density at radius 3 is 2.32 bits per heavy atom. The lowest BCUT2D eigenvalue weighted by atomic mass is 10.0. The number of nitrogens with zero attached hydrogens (tertiary/aromatic N) is 3. The maximum absolute atomic E-state index is 9.10. The topological polar surface area (TPSA) is 50.9 Å². The minimum absolute atomic E-state index is 0.0767. The van der Waals surface area contributed by atoms with Gasteiger partial charge in [0.25, 0.3) is 0 Å². The molecule has 5 heteroatoms. The minimum Gasteiger partial charge on any atom is -0.388 e. The van der Waals surface area contributed by atoms with Crippen LogP contribution in [0.3, 0.4) is 0 Å². The molecule has 1 aromatic heterocycles. The number of hydrogen-bond acceptors (Lipinski definition) is 4. The van der Waals surface area contributed by atoms with Gasteiger partial charge in [0.1, 0.15) is 6.61 Å². The minimum atomic E-state index is -0.0767. The molecule has 19 heavy (non-hydrogen) atoms. The first-order valence-electron chi connectivity index (χ1n) is 6.21. The molecule has 1 aromatic carbocycles. The summed E-state index contributed by atoms with van der Waals surface area (Å²) >= 11 is 1.65. The van der Waals surface area contributed by atoms with E-state index < -0.39 is 0 Å². The van der Waals surface area contributed by atoms with Gasteiger partial charge in [-0.05, 0) is 37.5 Å². The zero-order valence-electron chi connectivity index (χ0n) is 11.8. The van der Waals surface area contributed by atoms with Crippen molar-refractivity contribution in [2.75, 3.05) is 0 Å². The highest BCUT2D eigenvalue weighted by atomic mass is 32.2. The van der Waals surface area contributed by atoms with Gasteiger partial charge in [0.05, 0.1) is 0 Å². The van der Waals surface area contributed by atoms with Gasteiger partial charge in [-0.2, -0.15) is 0 Å². The molecule has 0 atom stereocenters. The van der Waals surface area contributed by atoms with E-state index in [2.05, 4.69) is 43.1 Å². The molecule has 0 aliphatic heterocycles. The zero-order chi connectivity index (χ0) is 14.0. The van der Waals surface area contributed by atoms with E-state index in [9.17, 15) is 0 Å². The van der Waals surface area contributed by atoms with Crippen molar-refractivity contribution in [2.24, 2.45) is 7.05 Å². The van der Waals surface area contributed by atoms with E-state index >= 15 is 0 Å². The second kappa shape index (κ2) is 5.75. The van der Waals surface area contributed by atoms with Crippen LogP contribution in [0.15, 0.2) is 17.3 Å². The van der Waals surface area contributed by atoms with Crippen molar-refractivity contribution in [1.82, 2.24) is 14.8 Å². The summed E-state index contributed by atoms with van der Waals surface area (Å²) in [4.78, 5) is 0. The van der Waals surface area contributed by atoms with E-state index in [1.807, 2.05) is 11.6 Å². The standard InChI is InChI=1S/C14H19N3OS/c1-9-5-10(2)12(11(3)6-9)8-19-14-16-15-13(7-18)17(14)4/h5-6,18H,7-8H2,1-4H3. The fourth-order valence-corrected chi connectivity index (χ4v) is 3.31. The van der Waals surface area contributed by atoms with Crippen LogP contribution >= 0.6 is 11.8 Å². The molecule has 102 valence electrons.